The minimum absolute atomic E-state index is 0.0717. The summed E-state index contributed by atoms with van der Waals surface area (Å²) in [4.78, 5) is 14.8. The Bertz CT molecular complexity index is 692. The van der Waals surface area contributed by atoms with Crippen LogP contribution in [0.2, 0.25) is 10.0 Å². The van der Waals surface area contributed by atoms with Crippen LogP contribution in [0.25, 0.3) is 0 Å². The Labute approximate surface area is 132 Å². The van der Waals surface area contributed by atoms with Gasteiger partial charge in [-0.3, -0.25) is 10.1 Å². The number of hydrogen-bond acceptors (Lipinski definition) is 4. The Balaban J connectivity index is 2.33. The molecule has 2 rings (SSSR count). The first-order valence-electron chi connectivity index (χ1n) is 6.22. The van der Waals surface area contributed by atoms with E-state index < -0.39 is 4.92 Å². The molecule has 0 bridgehead atoms. The van der Waals surface area contributed by atoms with E-state index in [0.29, 0.717) is 15.7 Å². The molecule has 0 saturated heterocycles. The Morgan fingerprint density at radius 3 is 2.62 bits per heavy atom. The van der Waals surface area contributed by atoms with Crippen molar-refractivity contribution in [2.75, 3.05) is 5.32 Å². The van der Waals surface area contributed by atoms with E-state index in [0.717, 1.165) is 5.56 Å². The minimum Gasteiger partial charge on any atom is -0.358 e. The van der Waals surface area contributed by atoms with Crippen molar-refractivity contribution in [3.05, 3.63) is 61.7 Å². The molecule has 5 nitrogen and oxygen atoms in total. The molecule has 1 aromatic heterocycles. The van der Waals surface area contributed by atoms with Crippen molar-refractivity contribution in [3.8, 4) is 0 Å². The van der Waals surface area contributed by atoms with Crippen molar-refractivity contribution in [3.63, 3.8) is 0 Å². The van der Waals surface area contributed by atoms with Gasteiger partial charge in [0.2, 0.25) is 5.82 Å². The lowest BCUT2D eigenvalue weighted by Gasteiger charge is -2.16. The van der Waals surface area contributed by atoms with Crippen LogP contribution in [0.3, 0.4) is 0 Å². The second kappa shape index (κ2) is 6.28. The van der Waals surface area contributed by atoms with Crippen molar-refractivity contribution in [1.29, 1.82) is 0 Å². The summed E-state index contributed by atoms with van der Waals surface area (Å²) in [5, 5.41) is 15.1. The van der Waals surface area contributed by atoms with E-state index in [9.17, 15) is 10.1 Å². The van der Waals surface area contributed by atoms with Gasteiger partial charge in [-0.25, -0.2) is 4.98 Å². The maximum Gasteiger partial charge on any atom is 0.311 e. The quantitative estimate of drug-likeness (QED) is 0.648. The van der Waals surface area contributed by atoms with Crippen LogP contribution in [0.5, 0.6) is 0 Å². The van der Waals surface area contributed by atoms with Gasteiger partial charge in [0.1, 0.15) is 0 Å². The number of pyridine rings is 1. The molecule has 0 fully saturated rings. The highest BCUT2D eigenvalue weighted by Crippen LogP contribution is 2.30. The molecule has 1 unspecified atom stereocenters. The van der Waals surface area contributed by atoms with E-state index >= 15 is 0 Å². The molecule has 0 spiro atoms. The molecule has 1 atom stereocenters. The van der Waals surface area contributed by atoms with E-state index in [4.69, 9.17) is 23.2 Å². The van der Waals surface area contributed by atoms with E-state index in [-0.39, 0.29) is 17.5 Å². The molecule has 110 valence electrons. The molecule has 2 aromatic rings. The van der Waals surface area contributed by atoms with Gasteiger partial charge in [0.05, 0.1) is 11.0 Å². The number of nitrogens with one attached hydrogen (secondary N) is 1. The average molecular weight is 326 g/mol. The van der Waals surface area contributed by atoms with Crippen molar-refractivity contribution >= 4 is 34.7 Å². The van der Waals surface area contributed by atoms with Gasteiger partial charge in [-0.05, 0) is 37.6 Å². The number of rotatable bonds is 4. The molecule has 1 N–H and O–H groups in total. The normalized spacial score (nSPS) is 12.0. The molecule has 7 heteroatoms. The van der Waals surface area contributed by atoms with Crippen molar-refractivity contribution in [1.82, 2.24) is 4.98 Å². The fourth-order valence-corrected chi connectivity index (χ4v) is 2.51. The van der Waals surface area contributed by atoms with Crippen LogP contribution in [0.4, 0.5) is 11.5 Å². The number of benzene rings is 1. The van der Waals surface area contributed by atoms with Crippen molar-refractivity contribution in [2.45, 2.75) is 19.9 Å². The van der Waals surface area contributed by atoms with Gasteiger partial charge < -0.3 is 5.32 Å². The summed E-state index contributed by atoms with van der Waals surface area (Å²) in [6.07, 6.45) is 0. The van der Waals surface area contributed by atoms with Crippen molar-refractivity contribution < 1.29 is 4.92 Å². The standard InChI is InChI=1S/C14H13Cl2N3O2/c1-8-3-6-13(19(20)21)14(17-8)18-9(2)11-5-4-10(15)7-12(11)16/h3-7,9H,1-2H3,(H,17,18). The monoisotopic (exact) mass is 325 g/mol. The van der Waals surface area contributed by atoms with Gasteiger partial charge in [0.15, 0.2) is 0 Å². The van der Waals surface area contributed by atoms with Crippen LogP contribution in [-0.2, 0) is 0 Å². The lowest BCUT2D eigenvalue weighted by atomic mass is 10.1. The SMILES string of the molecule is Cc1ccc([N+](=O)[O-])c(NC(C)c2ccc(Cl)cc2Cl)n1. The summed E-state index contributed by atoms with van der Waals surface area (Å²) in [6.45, 7) is 3.62. The van der Waals surface area contributed by atoms with E-state index in [1.165, 1.54) is 6.07 Å². The first-order valence-corrected chi connectivity index (χ1v) is 6.97. The fraction of sp³-hybridized carbons (Fsp3) is 0.214. The molecular weight excluding hydrogens is 313 g/mol. The molecule has 21 heavy (non-hydrogen) atoms. The topological polar surface area (TPSA) is 68.1 Å². The molecule has 0 aliphatic heterocycles. The first-order chi connectivity index (χ1) is 9.88. The van der Waals surface area contributed by atoms with Crippen LogP contribution in [0.15, 0.2) is 30.3 Å². The zero-order valence-electron chi connectivity index (χ0n) is 11.4. The summed E-state index contributed by atoms with van der Waals surface area (Å²) < 4.78 is 0. The Hall–Kier alpha value is -1.85. The summed E-state index contributed by atoms with van der Waals surface area (Å²) >= 11 is 12.0. The molecule has 0 aliphatic carbocycles. The zero-order valence-corrected chi connectivity index (χ0v) is 12.9. The first kappa shape index (κ1) is 15.5. The van der Waals surface area contributed by atoms with Gasteiger partial charge in [-0.15, -0.1) is 0 Å². The van der Waals surface area contributed by atoms with E-state index in [1.807, 2.05) is 6.92 Å². The predicted octanol–water partition coefficient (Wildman–Crippen LogP) is 4.78. The van der Waals surface area contributed by atoms with Crippen molar-refractivity contribution in [2.24, 2.45) is 0 Å². The third-order valence-electron chi connectivity index (χ3n) is 2.99. The maximum absolute atomic E-state index is 11.0. The van der Waals surface area contributed by atoms with Crippen LogP contribution in [-0.4, -0.2) is 9.91 Å². The summed E-state index contributed by atoms with van der Waals surface area (Å²) in [6, 6.07) is 7.92. The Kier molecular flexibility index (Phi) is 4.65. The van der Waals surface area contributed by atoms with Crippen LogP contribution < -0.4 is 5.32 Å². The molecule has 0 aliphatic rings. The second-order valence-electron chi connectivity index (χ2n) is 4.61. The number of aryl methyl sites for hydroxylation is 1. The van der Waals surface area contributed by atoms with Gasteiger partial charge >= 0.3 is 5.69 Å². The number of nitrogens with zero attached hydrogens (tertiary/aromatic N) is 2. The molecule has 0 amide bonds. The molecule has 1 aromatic carbocycles. The summed E-state index contributed by atoms with van der Waals surface area (Å²) in [7, 11) is 0. The molecule has 1 heterocycles. The fourth-order valence-electron chi connectivity index (χ4n) is 1.94. The molecule has 0 radical (unpaired) electrons. The lowest BCUT2D eigenvalue weighted by Crippen LogP contribution is -2.10. The Morgan fingerprint density at radius 1 is 1.29 bits per heavy atom. The predicted molar refractivity (Wildman–Crippen MR) is 84.1 cm³/mol. The smallest absolute Gasteiger partial charge is 0.311 e. The van der Waals surface area contributed by atoms with Crippen LogP contribution in [0, 0.1) is 17.0 Å². The third-order valence-corrected chi connectivity index (χ3v) is 3.55. The molecular formula is C14H13Cl2N3O2. The number of halogens is 2. The number of anilines is 1. The summed E-state index contributed by atoms with van der Waals surface area (Å²) in [5.41, 5.74) is 1.41. The minimum atomic E-state index is -0.467. The largest absolute Gasteiger partial charge is 0.358 e. The molecule has 0 saturated carbocycles. The highest BCUT2D eigenvalue weighted by atomic mass is 35.5. The zero-order chi connectivity index (χ0) is 15.6. The highest BCUT2D eigenvalue weighted by molar-refractivity contribution is 6.35. The highest BCUT2D eigenvalue weighted by Gasteiger charge is 2.18. The average Bonchev–Trinajstić information content (AvgIpc) is 2.37. The summed E-state index contributed by atoms with van der Waals surface area (Å²) in [5.74, 6) is 0.221. The van der Waals surface area contributed by atoms with Crippen LogP contribution in [0.1, 0.15) is 24.2 Å². The lowest BCUT2D eigenvalue weighted by molar-refractivity contribution is -0.384. The van der Waals surface area contributed by atoms with Gasteiger partial charge in [-0.2, -0.15) is 0 Å². The number of aromatic nitrogens is 1. The number of hydrogen-bond donors (Lipinski definition) is 1. The van der Waals surface area contributed by atoms with Gasteiger partial charge in [0.25, 0.3) is 0 Å². The number of nitro groups is 1. The second-order valence-corrected chi connectivity index (χ2v) is 5.45. The van der Waals surface area contributed by atoms with Gasteiger partial charge in [0, 0.05) is 21.8 Å². The van der Waals surface area contributed by atoms with E-state index in [2.05, 4.69) is 10.3 Å². The van der Waals surface area contributed by atoms with Crippen LogP contribution >= 0.6 is 23.2 Å². The Morgan fingerprint density at radius 2 is 2.00 bits per heavy atom. The third kappa shape index (κ3) is 3.62. The van der Waals surface area contributed by atoms with E-state index in [1.54, 1.807) is 31.2 Å². The maximum atomic E-state index is 11.0. The van der Waals surface area contributed by atoms with Gasteiger partial charge in [-0.1, -0.05) is 29.3 Å².